The average Bonchev–Trinajstić information content (AvgIpc) is 2.97. The van der Waals surface area contributed by atoms with Gasteiger partial charge < -0.3 is 10.6 Å². The van der Waals surface area contributed by atoms with Crippen molar-refractivity contribution in [2.75, 3.05) is 25.0 Å². The van der Waals surface area contributed by atoms with Crippen molar-refractivity contribution in [3.63, 3.8) is 0 Å². The third-order valence-corrected chi connectivity index (χ3v) is 3.04. The smallest absolute Gasteiger partial charge is 0.152 e. The zero-order valence-electron chi connectivity index (χ0n) is 9.06. The first-order chi connectivity index (χ1) is 7.93. The van der Waals surface area contributed by atoms with Gasteiger partial charge in [0, 0.05) is 18.9 Å². The van der Waals surface area contributed by atoms with E-state index in [1.54, 1.807) is 12.4 Å². The predicted molar refractivity (Wildman–Crippen MR) is 62.5 cm³/mol. The van der Waals surface area contributed by atoms with Gasteiger partial charge in [0.2, 0.25) is 0 Å². The second kappa shape index (κ2) is 4.09. The lowest BCUT2D eigenvalue weighted by atomic mass is 10.1. The number of anilines is 1. The Kier molecular flexibility index (Phi) is 2.46. The Labute approximate surface area is 93.9 Å². The number of rotatable bonds is 3. The number of aromatic nitrogens is 3. The van der Waals surface area contributed by atoms with E-state index in [1.165, 1.54) is 6.42 Å². The van der Waals surface area contributed by atoms with Gasteiger partial charge in [-0.05, 0) is 31.5 Å². The number of hydrogen-bond acceptors (Lipinski definition) is 4. The maximum absolute atomic E-state index is 4.35. The van der Waals surface area contributed by atoms with Gasteiger partial charge in [0.15, 0.2) is 5.82 Å². The third kappa shape index (κ3) is 1.74. The molecule has 0 aromatic carbocycles. The van der Waals surface area contributed by atoms with Gasteiger partial charge in [0.1, 0.15) is 5.52 Å². The molecular formula is C11H15N5. The Morgan fingerprint density at radius 3 is 3.38 bits per heavy atom. The fraction of sp³-hybridized carbons (Fsp3) is 0.455. The minimum atomic E-state index is 0.713. The summed E-state index contributed by atoms with van der Waals surface area (Å²) in [4.78, 5) is 4.35. The Balaban J connectivity index is 1.75. The van der Waals surface area contributed by atoms with E-state index in [0.717, 1.165) is 31.0 Å². The summed E-state index contributed by atoms with van der Waals surface area (Å²) in [6.07, 6.45) is 6.67. The lowest BCUT2D eigenvalue weighted by molar-refractivity contribution is 0.614. The highest BCUT2D eigenvalue weighted by Gasteiger charge is 2.14. The van der Waals surface area contributed by atoms with Crippen molar-refractivity contribution in [1.82, 2.24) is 19.9 Å². The second-order valence-corrected chi connectivity index (χ2v) is 4.18. The number of nitrogens with zero attached hydrogens (tertiary/aromatic N) is 3. The summed E-state index contributed by atoms with van der Waals surface area (Å²) in [5.74, 6) is 1.64. The van der Waals surface area contributed by atoms with Gasteiger partial charge in [-0.3, -0.25) is 0 Å². The predicted octanol–water partition coefficient (Wildman–Crippen LogP) is 0.751. The van der Waals surface area contributed by atoms with Crippen molar-refractivity contribution in [2.45, 2.75) is 6.42 Å². The highest BCUT2D eigenvalue weighted by Crippen LogP contribution is 2.14. The van der Waals surface area contributed by atoms with E-state index in [1.807, 2.05) is 16.8 Å². The first kappa shape index (κ1) is 9.59. The van der Waals surface area contributed by atoms with E-state index in [2.05, 4.69) is 20.7 Å². The first-order valence-electron chi connectivity index (χ1n) is 5.66. The molecule has 5 nitrogen and oxygen atoms in total. The summed E-state index contributed by atoms with van der Waals surface area (Å²) in [5.41, 5.74) is 1.04. The van der Waals surface area contributed by atoms with Crippen molar-refractivity contribution >= 4 is 11.3 Å². The molecule has 1 atom stereocenters. The zero-order valence-corrected chi connectivity index (χ0v) is 9.06. The summed E-state index contributed by atoms with van der Waals surface area (Å²) in [5, 5.41) is 11.0. The molecule has 2 aromatic rings. The van der Waals surface area contributed by atoms with E-state index in [0.29, 0.717) is 5.92 Å². The molecule has 84 valence electrons. The van der Waals surface area contributed by atoms with Crippen LogP contribution in [-0.4, -0.2) is 34.2 Å². The van der Waals surface area contributed by atoms with Crippen LogP contribution in [0.15, 0.2) is 24.7 Å². The molecule has 1 fully saturated rings. The third-order valence-electron chi connectivity index (χ3n) is 3.04. The molecule has 2 N–H and O–H groups in total. The van der Waals surface area contributed by atoms with E-state index >= 15 is 0 Å². The molecule has 2 aromatic heterocycles. The molecule has 3 rings (SSSR count). The molecule has 1 aliphatic heterocycles. The van der Waals surface area contributed by atoms with Crippen LogP contribution in [0.25, 0.3) is 5.52 Å². The highest BCUT2D eigenvalue weighted by molar-refractivity contribution is 5.66. The number of hydrogen-bond donors (Lipinski definition) is 2. The van der Waals surface area contributed by atoms with Gasteiger partial charge in [-0.2, -0.15) is 5.10 Å². The Morgan fingerprint density at radius 2 is 2.50 bits per heavy atom. The van der Waals surface area contributed by atoms with Gasteiger partial charge in [0.25, 0.3) is 0 Å². The first-order valence-corrected chi connectivity index (χ1v) is 5.66. The van der Waals surface area contributed by atoms with Gasteiger partial charge in [-0.15, -0.1) is 0 Å². The van der Waals surface area contributed by atoms with Crippen LogP contribution < -0.4 is 10.6 Å². The van der Waals surface area contributed by atoms with Crippen molar-refractivity contribution in [1.29, 1.82) is 0 Å². The SMILES string of the molecule is c1cn2nccc2c(NCC2CCNC2)n1. The Morgan fingerprint density at radius 1 is 1.50 bits per heavy atom. The van der Waals surface area contributed by atoms with Crippen molar-refractivity contribution in [3.8, 4) is 0 Å². The second-order valence-electron chi connectivity index (χ2n) is 4.18. The summed E-state index contributed by atoms with van der Waals surface area (Å²) >= 11 is 0. The molecule has 0 radical (unpaired) electrons. The highest BCUT2D eigenvalue weighted by atomic mass is 15.2. The summed E-state index contributed by atoms with van der Waals surface area (Å²) in [7, 11) is 0. The zero-order chi connectivity index (χ0) is 10.8. The minimum absolute atomic E-state index is 0.713. The largest absolute Gasteiger partial charge is 0.368 e. The van der Waals surface area contributed by atoms with Gasteiger partial charge in [-0.25, -0.2) is 9.50 Å². The van der Waals surface area contributed by atoms with E-state index < -0.39 is 0 Å². The minimum Gasteiger partial charge on any atom is -0.368 e. The molecule has 1 aliphatic rings. The fourth-order valence-electron chi connectivity index (χ4n) is 2.12. The van der Waals surface area contributed by atoms with E-state index in [-0.39, 0.29) is 0 Å². The molecule has 0 amide bonds. The molecule has 0 spiro atoms. The van der Waals surface area contributed by atoms with Gasteiger partial charge >= 0.3 is 0 Å². The monoisotopic (exact) mass is 217 g/mol. The molecule has 0 saturated carbocycles. The van der Waals surface area contributed by atoms with Crippen molar-refractivity contribution < 1.29 is 0 Å². The van der Waals surface area contributed by atoms with Crippen LogP contribution in [0.2, 0.25) is 0 Å². The normalized spacial score (nSPS) is 20.4. The Bertz CT molecular complexity index is 472. The number of fused-ring (bicyclic) bond motifs is 1. The molecule has 1 unspecified atom stereocenters. The van der Waals surface area contributed by atoms with Crippen LogP contribution in [0.5, 0.6) is 0 Å². The molecule has 16 heavy (non-hydrogen) atoms. The van der Waals surface area contributed by atoms with Crippen LogP contribution in [0.3, 0.4) is 0 Å². The van der Waals surface area contributed by atoms with Crippen LogP contribution in [0, 0.1) is 5.92 Å². The molecule has 3 heterocycles. The fourth-order valence-corrected chi connectivity index (χ4v) is 2.12. The van der Waals surface area contributed by atoms with Crippen LogP contribution in [0.1, 0.15) is 6.42 Å². The molecule has 1 saturated heterocycles. The summed E-state index contributed by atoms with van der Waals surface area (Å²) < 4.78 is 1.84. The van der Waals surface area contributed by atoms with E-state index in [9.17, 15) is 0 Å². The summed E-state index contributed by atoms with van der Waals surface area (Å²) in [6, 6.07) is 1.97. The molecule has 5 heteroatoms. The average molecular weight is 217 g/mol. The van der Waals surface area contributed by atoms with Crippen molar-refractivity contribution in [3.05, 3.63) is 24.7 Å². The topological polar surface area (TPSA) is 54.2 Å². The van der Waals surface area contributed by atoms with Gasteiger partial charge in [0.05, 0.1) is 6.20 Å². The molecule has 0 aliphatic carbocycles. The van der Waals surface area contributed by atoms with Crippen LogP contribution >= 0.6 is 0 Å². The number of nitrogens with one attached hydrogen (secondary N) is 2. The maximum Gasteiger partial charge on any atom is 0.152 e. The quantitative estimate of drug-likeness (QED) is 0.796. The van der Waals surface area contributed by atoms with Crippen LogP contribution in [0.4, 0.5) is 5.82 Å². The van der Waals surface area contributed by atoms with E-state index in [4.69, 9.17) is 0 Å². The standard InChI is InChI=1S/C11H15N5/c1-3-12-7-9(1)8-14-11-10-2-4-15-16(10)6-5-13-11/h2,4-6,9,12H,1,3,7-8H2,(H,13,14). The molecular weight excluding hydrogens is 202 g/mol. The summed E-state index contributed by atoms with van der Waals surface area (Å²) in [6.45, 7) is 3.22. The van der Waals surface area contributed by atoms with Crippen molar-refractivity contribution in [2.24, 2.45) is 5.92 Å². The molecule has 0 bridgehead atoms. The maximum atomic E-state index is 4.35. The Hall–Kier alpha value is -1.62. The lowest BCUT2D eigenvalue weighted by Crippen LogP contribution is -2.18. The van der Waals surface area contributed by atoms with Gasteiger partial charge in [-0.1, -0.05) is 0 Å². The van der Waals surface area contributed by atoms with Crippen LogP contribution in [-0.2, 0) is 0 Å². The lowest BCUT2D eigenvalue weighted by Gasteiger charge is -2.11.